The van der Waals surface area contributed by atoms with Crippen LogP contribution < -0.4 is 10.9 Å². The minimum absolute atomic E-state index is 0.0195. The molecule has 1 N–H and O–H groups in total. The molecule has 0 spiro atoms. The summed E-state index contributed by atoms with van der Waals surface area (Å²) in [7, 11) is 0. The molecule has 0 aliphatic carbocycles. The van der Waals surface area contributed by atoms with Crippen LogP contribution in [0.5, 0.6) is 0 Å². The Bertz CT molecular complexity index is 1320. The molecule has 7 nitrogen and oxygen atoms in total. The van der Waals surface area contributed by atoms with Gasteiger partial charge in [0.15, 0.2) is 0 Å². The fourth-order valence-electron chi connectivity index (χ4n) is 4.32. The highest BCUT2D eigenvalue weighted by molar-refractivity contribution is 5.87. The first kappa shape index (κ1) is 24.4. The molecule has 2 unspecified atom stereocenters. The zero-order valence-corrected chi connectivity index (χ0v) is 20.9. The highest BCUT2D eigenvalue weighted by Crippen LogP contribution is 2.26. The summed E-state index contributed by atoms with van der Waals surface area (Å²) >= 11 is 0. The van der Waals surface area contributed by atoms with E-state index in [1.807, 2.05) is 6.92 Å². The number of rotatable bonds is 7. The van der Waals surface area contributed by atoms with Gasteiger partial charge in [0.25, 0.3) is 5.56 Å². The number of nitrogens with zero attached hydrogens (tertiary/aromatic N) is 4. The molecule has 1 aliphatic heterocycles. The number of carbonyl (C=O) groups is 1. The lowest BCUT2D eigenvalue weighted by molar-refractivity contribution is -0.125. The van der Waals surface area contributed by atoms with E-state index in [4.69, 9.17) is 4.98 Å². The second kappa shape index (κ2) is 10.3. The Morgan fingerprint density at radius 1 is 1.11 bits per heavy atom. The predicted octanol–water partition coefficient (Wildman–Crippen LogP) is 4.98. The van der Waals surface area contributed by atoms with E-state index in [1.54, 1.807) is 27.8 Å². The minimum Gasteiger partial charge on any atom is -0.348 e. The summed E-state index contributed by atoms with van der Waals surface area (Å²) in [6.45, 7) is 13.2. The van der Waals surface area contributed by atoms with E-state index in [-0.39, 0.29) is 23.6 Å². The molecule has 0 bridgehead atoms. The average molecular weight is 472 g/mol. The third-order valence-corrected chi connectivity index (χ3v) is 6.86. The molecule has 7 heteroatoms. The first-order valence-electron chi connectivity index (χ1n) is 12.1. The third-order valence-electron chi connectivity index (χ3n) is 6.86. The normalized spacial score (nSPS) is 15.6. The number of hydrogen-bond donors (Lipinski definition) is 1. The largest absolute Gasteiger partial charge is 0.348 e. The van der Waals surface area contributed by atoms with Crippen molar-refractivity contribution in [2.24, 2.45) is 5.92 Å². The van der Waals surface area contributed by atoms with E-state index in [0.717, 1.165) is 17.4 Å². The molecule has 3 aromatic rings. The van der Waals surface area contributed by atoms with Crippen molar-refractivity contribution in [2.75, 3.05) is 18.4 Å². The standard InChI is InChI=1S/C28H33N5O2/c1-6-25(34)32-15-13-23(14-16-32)22-9-7-21(8-10-22)19(4)30-28-29-17-24-11-12-26(35)33(27(24)31-28)20(5)18(2)3/h6-13,17-20H,1,14-16H2,2-5H3,(H,29,30,31). The van der Waals surface area contributed by atoms with E-state index in [9.17, 15) is 9.59 Å². The van der Waals surface area contributed by atoms with Crippen LogP contribution in [0.1, 0.15) is 57.3 Å². The van der Waals surface area contributed by atoms with Gasteiger partial charge in [-0.25, -0.2) is 4.98 Å². The SMILES string of the molecule is C=CC(=O)N1CC=C(c2ccc(C(C)Nc3ncc4ccc(=O)n(C(C)C(C)C)c4n3)cc2)CC1. The van der Waals surface area contributed by atoms with Crippen LogP contribution in [0.15, 0.2) is 66.1 Å². The van der Waals surface area contributed by atoms with Gasteiger partial charge in [0, 0.05) is 36.8 Å². The van der Waals surface area contributed by atoms with Crippen LogP contribution in [-0.4, -0.2) is 38.4 Å². The Morgan fingerprint density at radius 2 is 1.86 bits per heavy atom. The van der Waals surface area contributed by atoms with E-state index >= 15 is 0 Å². The number of hydrogen-bond acceptors (Lipinski definition) is 5. The number of aromatic nitrogens is 3. The maximum Gasteiger partial charge on any atom is 0.252 e. The first-order valence-corrected chi connectivity index (χ1v) is 12.1. The second-order valence-corrected chi connectivity index (χ2v) is 9.45. The Morgan fingerprint density at radius 3 is 2.49 bits per heavy atom. The van der Waals surface area contributed by atoms with E-state index in [1.165, 1.54) is 17.2 Å². The molecule has 2 aromatic heterocycles. The fraction of sp³-hybridized carbons (Fsp3) is 0.357. The maximum atomic E-state index is 12.6. The number of benzene rings is 1. The van der Waals surface area contributed by atoms with Gasteiger partial charge < -0.3 is 10.2 Å². The maximum absolute atomic E-state index is 12.6. The van der Waals surface area contributed by atoms with Gasteiger partial charge in [-0.2, -0.15) is 4.98 Å². The highest BCUT2D eigenvalue weighted by Gasteiger charge is 2.18. The number of fused-ring (bicyclic) bond motifs is 1. The van der Waals surface area contributed by atoms with Gasteiger partial charge in [0.05, 0.1) is 6.04 Å². The van der Waals surface area contributed by atoms with E-state index in [2.05, 4.69) is 68.0 Å². The van der Waals surface area contributed by atoms with Crippen molar-refractivity contribution in [3.05, 3.63) is 82.8 Å². The lowest BCUT2D eigenvalue weighted by atomic mass is 9.97. The van der Waals surface area contributed by atoms with E-state index < -0.39 is 0 Å². The van der Waals surface area contributed by atoms with Gasteiger partial charge in [-0.05, 0) is 55.0 Å². The summed E-state index contributed by atoms with van der Waals surface area (Å²) in [5.74, 6) is 0.764. The number of nitrogens with one attached hydrogen (secondary N) is 1. The van der Waals surface area contributed by atoms with E-state index in [0.29, 0.717) is 30.6 Å². The molecule has 35 heavy (non-hydrogen) atoms. The van der Waals surface area contributed by atoms with Gasteiger partial charge >= 0.3 is 0 Å². The molecule has 3 heterocycles. The number of amides is 1. The van der Waals surface area contributed by atoms with Gasteiger partial charge in [-0.15, -0.1) is 0 Å². The Balaban J connectivity index is 1.51. The lowest BCUT2D eigenvalue weighted by Crippen LogP contribution is -2.33. The zero-order valence-electron chi connectivity index (χ0n) is 20.9. The quantitative estimate of drug-likeness (QED) is 0.492. The third kappa shape index (κ3) is 5.19. The molecule has 1 amide bonds. The van der Waals surface area contributed by atoms with Crippen LogP contribution in [0, 0.1) is 5.92 Å². The average Bonchev–Trinajstić information content (AvgIpc) is 2.88. The van der Waals surface area contributed by atoms with Crippen molar-refractivity contribution in [2.45, 2.75) is 46.2 Å². The second-order valence-electron chi connectivity index (χ2n) is 9.45. The van der Waals surface area contributed by atoms with Crippen LogP contribution in [0.25, 0.3) is 16.6 Å². The van der Waals surface area contributed by atoms with Gasteiger partial charge in [0.1, 0.15) is 5.65 Å². The molecule has 0 radical (unpaired) electrons. The molecular weight excluding hydrogens is 438 g/mol. The number of pyridine rings is 1. The van der Waals surface area contributed by atoms with Crippen molar-refractivity contribution in [1.82, 2.24) is 19.4 Å². The van der Waals surface area contributed by atoms with Crippen LogP contribution in [0.4, 0.5) is 5.95 Å². The van der Waals surface area contributed by atoms with Crippen molar-refractivity contribution in [1.29, 1.82) is 0 Å². The van der Waals surface area contributed by atoms with Crippen molar-refractivity contribution < 1.29 is 4.79 Å². The fourth-order valence-corrected chi connectivity index (χ4v) is 4.32. The van der Waals surface area contributed by atoms with Crippen LogP contribution in [0.3, 0.4) is 0 Å². The smallest absolute Gasteiger partial charge is 0.252 e. The zero-order chi connectivity index (χ0) is 25.1. The van der Waals surface area contributed by atoms with Gasteiger partial charge in [-0.1, -0.05) is 50.8 Å². The molecule has 1 aliphatic rings. The molecule has 1 aromatic carbocycles. The monoisotopic (exact) mass is 471 g/mol. The molecule has 2 atom stereocenters. The molecule has 0 fully saturated rings. The molecule has 0 saturated heterocycles. The molecular formula is C28H33N5O2. The predicted molar refractivity (Wildman–Crippen MR) is 141 cm³/mol. The molecule has 4 rings (SSSR count). The minimum atomic E-state index is -0.0546. The van der Waals surface area contributed by atoms with Crippen molar-refractivity contribution >= 4 is 28.5 Å². The summed E-state index contributed by atoms with van der Waals surface area (Å²) in [5.41, 5.74) is 4.12. The Hall–Kier alpha value is -3.74. The Kier molecular flexibility index (Phi) is 7.15. The van der Waals surface area contributed by atoms with Gasteiger partial charge in [0.2, 0.25) is 11.9 Å². The number of anilines is 1. The number of carbonyl (C=O) groups excluding carboxylic acids is 1. The van der Waals surface area contributed by atoms with Crippen molar-refractivity contribution in [3.8, 4) is 0 Å². The van der Waals surface area contributed by atoms with Crippen molar-refractivity contribution in [3.63, 3.8) is 0 Å². The van der Waals surface area contributed by atoms with Crippen LogP contribution in [-0.2, 0) is 4.79 Å². The summed E-state index contributed by atoms with van der Waals surface area (Å²) in [5, 5.41) is 4.22. The Labute approximate surface area is 206 Å². The first-order chi connectivity index (χ1) is 16.8. The summed E-state index contributed by atoms with van der Waals surface area (Å²) in [6.07, 6.45) is 6.07. The topological polar surface area (TPSA) is 80.1 Å². The van der Waals surface area contributed by atoms with Crippen LogP contribution in [0.2, 0.25) is 0 Å². The van der Waals surface area contributed by atoms with Crippen LogP contribution >= 0.6 is 0 Å². The summed E-state index contributed by atoms with van der Waals surface area (Å²) < 4.78 is 1.76. The lowest BCUT2D eigenvalue weighted by Gasteiger charge is -2.25. The molecule has 0 saturated carbocycles. The highest BCUT2D eigenvalue weighted by atomic mass is 16.2. The summed E-state index contributed by atoms with van der Waals surface area (Å²) in [6, 6.07) is 11.8. The molecule has 182 valence electrons. The van der Waals surface area contributed by atoms with Gasteiger partial charge in [-0.3, -0.25) is 14.2 Å². The summed E-state index contributed by atoms with van der Waals surface area (Å²) in [4.78, 5) is 35.4.